The van der Waals surface area contributed by atoms with Crippen LogP contribution in [0.1, 0.15) is 36.5 Å². The molecule has 0 bridgehead atoms. The molecular formula is C20H25ClNO+. The van der Waals surface area contributed by atoms with Gasteiger partial charge in [0.25, 0.3) is 0 Å². The average Bonchev–Trinajstić information content (AvgIpc) is 2.61. The fourth-order valence-electron chi connectivity index (χ4n) is 3.27. The second kappa shape index (κ2) is 8.49. The maximum atomic E-state index is 6.29. The highest BCUT2D eigenvalue weighted by atomic mass is 35.5. The predicted molar refractivity (Wildman–Crippen MR) is 95.1 cm³/mol. The Morgan fingerprint density at radius 3 is 2.22 bits per heavy atom. The van der Waals surface area contributed by atoms with E-state index < -0.39 is 0 Å². The molecule has 3 rings (SSSR count). The van der Waals surface area contributed by atoms with Crippen LogP contribution >= 0.6 is 11.6 Å². The Balaban J connectivity index is 1.66. The minimum Gasteiger partial charge on any atom is -0.363 e. The van der Waals surface area contributed by atoms with E-state index in [0.29, 0.717) is 0 Å². The summed E-state index contributed by atoms with van der Waals surface area (Å²) in [5.74, 6) is 0. The number of likely N-dealkylation sites (tertiary alicyclic amines) is 1. The van der Waals surface area contributed by atoms with Crippen molar-refractivity contribution in [2.24, 2.45) is 0 Å². The van der Waals surface area contributed by atoms with E-state index in [0.717, 1.165) is 23.7 Å². The van der Waals surface area contributed by atoms with Crippen LogP contribution in [0.3, 0.4) is 0 Å². The first-order valence-corrected chi connectivity index (χ1v) is 8.96. The number of nitrogens with one attached hydrogen (secondary N) is 1. The quantitative estimate of drug-likeness (QED) is 0.855. The molecule has 0 aromatic heterocycles. The summed E-state index contributed by atoms with van der Waals surface area (Å²) in [7, 11) is 0. The maximum Gasteiger partial charge on any atom is 0.108 e. The van der Waals surface area contributed by atoms with Gasteiger partial charge in [-0.25, -0.2) is 0 Å². The average molecular weight is 331 g/mol. The van der Waals surface area contributed by atoms with Crippen molar-refractivity contribution in [2.75, 3.05) is 26.2 Å². The van der Waals surface area contributed by atoms with E-state index in [1.165, 1.54) is 37.9 Å². The molecule has 1 aliphatic heterocycles. The van der Waals surface area contributed by atoms with Gasteiger partial charge in [-0.1, -0.05) is 54.1 Å². The molecule has 2 nitrogen and oxygen atoms in total. The molecule has 0 radical (unpaired) electrons. The number of piperidine rings is 1. The van der Waals surface area contributed by atoms with E-state index >= 15 is 0 Å². The summed E-state index contributed by atoms with van der Waals surface area (Å²) in [5, 5.41) is 0.762. The summed E-state index contributed by atoms with van der Waals surface area (Å²) in [4.78, 5) is 1.68. The highest BCUT2D eigenvalue weighted by Gasteiger charge is 2.17. The Kier molecular flexibility index (Phi) is 6.09. The maximum absolute atomic E-state index is 6.29. The first-order valence-electron chi connectivity index (χ1n) is 8.58. The summed E-state index contributed by atoms with van der Waals surface area (Å²) < 4.78 is 6.29. The zero-order chi connectivity index (χ0) is 15.9. The van der Waals surface area contributed by atoms with E-state index in [-0.39, 0.29) is 6.10 Å². The molecular weight excluding hydrogens is 306 g/mol. The Labute approximate surface area is 144 Å². The number of hydrogen-bond acceptors (Lipinski definition) is 1. The second-order valence-corrected chi connectivity index (χ2v) is 6.71. The summed E-state index contributed by atoms with van der Waals surface area (Å²) in [5.41, 5.74) is 2.36. The molecule has 1 atom stereocenters. The Morgan fingerprint density at radius 1 is 0.870 bits per heavy atom. The predicted octanol–water partition coefficient (Wildman–Crippen LogP) is 3.51. The molecule has 1 N–H and O–H groups in total. The zero-order valence-electron chi connectivity index (χ0n) is 13.5. The lowest BCUT2D eigenvalue weighted by Crippen LogP contribution is -3.13. The lowest BCUT2D eigenvalue weighted by atomic mass is 10.0. The number of rotatable bonds is 6. The molecule has 0 amide bonds. The number of ether oxygens (including phenoxy) is 1. The van der Waals surface area contributed by atoms with Gasteiger partial charge in [0.1, 0.15) is 12.6 Å². The molecule has 1 fully saturated rings. The van der Waals surface area contributed by atoms with Crippen molar-refractivity contribution in [3.05, 3.63) is 70.7 Å². The van der Waals surface area contributed by atoms with Crippen LogP contribution in [0.15, 0.2) is 54.6 Å². The van der Waals surface area contributed by atoms with Crippen LogP contribution < -0.4 is 4.90 Å². The Morgan fingerprint density at radius 2 is 1.52 bits per heavy atom. The summed E-state index contributed by atoms with van der Waals surface area (Å²) in [6.07, 6.45) is 4.09. The van der Waals surface area contributed by atoms with Gasteiger partial charge in [-0.05, 0) is 42.5 Å². The van der Waals surface area contributed by atoms with Crippen LogP contribution in [-0.4, -0.2) is 26.2 Å². The van der Waals surface area contributed by atoms with Crippen LogP contribution in [0.25, 0.3) is 0 Å². The van der Waals surface area contributed by atoms with Gasteiger partial charge >= 0.3 is 0 Å². The van der Waals surface area contributed by atoms with Crippen molar-refractivity contribution < 1.29 is 9.64 Å². The first-order chi connectivity index (χ1) is 11.3. The SMILES string of the molecule is Clc1ccc([C@H](OCC[NH+]2CCCCC2)c2ccccc2)cc1. The van der Waals surface area contributed by atoms with Gasteiger partial charge in [0.05, 0.1) is 19.7 Å². The molecule has 1 heterocycles. The van der Waals surface area contributed by atoms with Crippen LogP contribution in [0.2, 0.25) is 5.02 Å². The minimum atomic E-state index is -0.0161. The number of benzene rings is 2. The van der Waals surface area contributed by atoms with Crippen molar-refractivity contribution >= 4 is 11.6 Å². The Bertz CT molecular complexity index is 578. The number of quaternary nitrogens is 1. The topological polar surface area (TPSA) is 13.7 Å². The molecule has 122 valence electrons. The van der Waals surface area contributed by atoms with Crippen molar-refractivity contribution in [3.63, 3.8) is 0 Å². The van der Waals surface area contributed by atoms with E-state index in [9.17, 15) is 0 Å². The smallest absolute Gasteiger partial charge is 0.108 e. The van der Waals surface area contributed by atoms with Gasteiger partial charge in [0, 0.05) is 5.02 Å². The number of halogens is 1. The van der Waals surface area contributed by atoms with Crippen molar-refractivity contribution in [3.8, 4) is 0 Å². The molecule has 2 aromatic rings. The van der Waals surface area contributed by atoms with E-state index in [1.807, 2.05) is 18.2 Å². The third-order valence-corrected chi connectivity index (χ3v) is 4.83. The fraction of sp³-hybridized carbons (Fsp3) is 0.400. The van der Waals surface area contributed by atoms with Gasteiger partial charge in [-0.2, -0.15) is 0 Å². The molecule has 3 heteroatoms. The highest BCUT2D eigenvalue weighted by Crippen LogP contribution is 2.26. The largest absolute Gasteiger partial charge is 0.363 e. The van der Waals surface area contributed by atoms with Crippen LogP contribution in [0, 0.1) is 0 Å². The van der Waals surface area contributed by atoms with E-state index in [1.54, 1.807) is 4.90 Å². The summed E-state index contributed by atoms with van der Waals surface area (Å²) in [6.45, 7) is 4.47. The van der Waals surface area contributed by atoms with Gasteiger partial charge < -0.3 is 9.64 Å². The van der Waals surface area contributed by atoms with Gasteiger partial charge in [0.2, 0.25) is 0 Å². The minimum absolute atomic E-state index is 0.0161. The lowest BCUT2D eigenvalue weighted by Gasteiger charge is -2.25. The fourth-order valence-corrected chi connectivity index (χ4v) is 3.40. The van der Waals surface area contributed by atoms with Crippen LogP contribution in [0.4, 0.5) is 0 Å². The number of hydrogen-bond donors (Lipinski definition) is 1. The summed E-state index contributed by atoms with van der Waals surface area (Å²) in [6, 6.07) is 18.4. The monoisotopic (exact) mass is 330 g/mol. The van der Waals surface area contributed by atoms with Gasteiger partial charge in [0.15, 0.2) is 0 Å². The van der Waals surface area contributed by atoms with Crippen molar-refractivity contribution in [2.45, 2.75) is 25.4 Å². The molecule has 23 heavy (non-hydrogen) atoms. The molecule has 0 saturated carbocycles. The Hall–Kier alpha value is -1.35. The molecule has 1 aliphatic rings. The molecule has 0 aliphatic carbocycles. The highest BCUT2D eigenvalue weighted by molar-refractivity contribution is 6.30. The summed E-state index contributed by atoms with van der Waals surface area (Å²) >= 11 is 6.02. The van der Waals surface area contributed by atoms with Gasteiger partial charge in [-0.3, -0.25) is 0 Å². The van der Waals surface area contributed by atoms with Gasteiger partial charge in [-0.15, -0.1) is 0 Å². The van der Waals surface area contributed by atoms with Crippen LogP contribution in [-0.2, 0) is 4.74 Å². The van der Waals surface area contributed by atoms with Crippen molar-refractivity contribution in [1.29, 1.82) is 0 Å². The third-order valence-electron chi connectivity index (χ3n) is 4.58. The molecule has 0 spiro atoms. The van der Waals surface area contributed by atoms with Crippen molar-refractivity contribution in [1.82, 2.24) is 0 Å². The van der Waals surface area contributed by atoms with Crippen LogP contribution in [0.5, 0.6) is 0 Å². The molecule has 2 aromatic carbocycles. The molecule has 0 unspecified atom stereocenters. The third kappa shape index (κ3) is 4.81. The zero-order valence-corrected chi connectivity index (χ0v) is 14.3. The van der Waals surface area contributed by atoms with E-state index in [4.69, 9.17) is 16.3 Å². The molecule has 1 saturated heterocycles. The standard InChI is InChI=1S/C20H24ClNO/c21-19-11-9-18(10-12-19)20(17-7-3-1-4-8-17)23-16-15-22-13-5-2-6-14-22/h1,3-4,7-12,20H,2,5-6,13-16H2/p+1/t20-/m1/s1. The first kappa shape index (κ1) is 16.5. The normalized spacial score (nSPS) is 17.1. The lowest BCUT2D eigenvalue weighted by molar-refractivity contribution is -0.905. The van der Waals surface area contributed by atoms with E-state index in [2.05, 4.69) is 36.4 Å². The second-order valence-electron chi connectivity index (χ2n) is 6.27.